The van der Waals surface area contributed by atoms with Crippen molar-refractivity contribution in [1.29, 1.82) is 0 Å². The average Bonchev–Trinajstić information content (AvgIpc) is 3.08. The molecule has 1 amide bonds. The molecule has 144 valence electrons. The Hall–Kier alpha value is -1.80. The Morgan fingerprint density at radius 2 is 1.85 bits per heavy atom. The number of halogens is 1. The first kappa shape index (κ1) is 18.6. The number of ether oxygens (including phenoxy) is 2. The van der Waals surface area contributed by atoms with E-state index in [4.69, 9.17) is 26.8 Å². The number of hydrogen-bond donors (Lipinski definition) is 1. The highest BCUT2D eigenvalue weighted by molar-refractivity contribution is 7.18. The van der Waals surface area contributed by atoms with Gasteiger partial charge in [-0.05, 0) is 29.3 Å². The van der Waals surface area contributed by atoms with Crippen LogP contribution in [0.1, 0.15) is 20.8 Å². The molecule has 2 N–H and O–H groups in total. The fourth-order valence-corrected chi connectivity index (χ4v) is 4.63. The summed E-state index contributed by atoms with van der Waals surface area (Å²) in [4.78, 5) is 17.6. The van der Waals surface area contributed by atoms with Gasteiger partial charge in [0.15, 0.2) is 11.5 Å². The summed E-state index contributed by atoms with van der Waals surface area (Å²) in [6.07, 6.45) is 0. The van der Waals surface area contributed by atoms with Crippen LogP contribution < -0.4 is 15.2 Å². The highest BCUT2D eigenvalue weighted by Crippen LogP contribution is 2.31. The highest BCUT2D eigenvalue weighted by atomic mass is 35.5. The van der Waals surface area contributed by atoms with Gasteiger partial charge in [0.1, 0.15) is 13.2 Å². The first-order valence-corrected chi connectivity index (χ1v) is 10.2. The van der Waals surface area contributed by atoms with Crippen LogP contribution in [0.15, 0.2) is 24.3 Å². The molecule has 0 unspecified atom stereocenters. The normalized spacial score (nSPS) is 17.2. The van der Waals surface area contributed by atoms with E-state index in [1.54, 1.807) is 0 Å². The summed E-state index contributed by atoms with van der Waals surface area (Å²) in [6, 6.07) is 7.91. The van der Waals surface area contributed by atoms with Gasteiger partial charge in [0.2, 0.25) is 0 Å². The Balaban J connectivity index is 1.34. The van der Waals surface area contributed by atoms with Crippen LogP contribution in [0.5, 0.6) is 11.5 Å². The lowest BCUT2D eigenvalue weighted by Gasteiger charge is -2.34. The van der Waals surface area contributed by atoms with E-state index in [-0.39, 0.29) is 5.91 Å². The number of nitrogens with two attached hydrogens (primary N) is 1. The molecule has 0 atom stereocenters. The Bertz CT molecular complexity index is 834. The summed E-state index contributed by atoms with van der Waals surface area (Å²) in [5, 5.41) is 0. The third-order valence-corrected chi connectivity index (χ3v) is 6.29. The molecule has 2 aliphatic heterocycles. The number of piperazine rings is 1. The molecule has 0 aliphatic carbocycles. The molecule has 3 heterocycles. The first-order valence-electron chi connectivity index (χ1n) is 9.02. The van der Waals surface area contributed by atoms with Crippen LogP contribution in [-0.4, -0.2) is 55.1 Å². The molecule has 1 saturated heterocycles. The van der Waals surface area contributed by atoms with Crippen LogP contribution in [-0.2, 0) is 13.1 Å². The van der Waals surface area contributed by atoms with Gasteiger partial charge in [-0.3, -0.25) is 9.69 Å². The quantitative estimate of drug-likeness (QED) is 0.843. The highest BCUT2D eigenvalue weighted by Gasteiger charge is 2.24. The number of carbonyl (C=O) groups excluding carboxylic acids is 1. The largest absolute Gasteiger partial charge is 0.486 e. The molecule has 8 heteroatoms. The Labute approximate surface area is 167 Å². The van der Waals surface area contributed by atoms with Crippen molar-refractivity contribution in [3.63, 3.8) is 0 Å². The smallest absolute Gasteiger partial charge is 0.264 e. The number of amides is 1. The number of rotatable bonds is 4. The van der Waals surface area contributed by atoms with E-state index in [1.165, 1.54) is 16.9 Å². The van der Waals surface area contributed by atoms with Gasteiger partial charge in [-0.2, -0.15) is 0 Å². The van der Waals surface area contributed by atoms with Gasteiger partial charge in [0.05, 0.1) is 9.21 Å². The molecule has 0 spiro atoms. The number of thiophene rings is 1. The van der Waals surface area contributed by atoms with Gasteiger partial charge in [-0.15, -0.1) is 11.3 Å². The lowest BCUT2D eigenvalue weighted by molar-refractivity contribution is 0.0633. The second kappa shape index (κ2) is 8.06. The molecule has 6 nitrogen and oxygen atoms in total. The van der Waals surface area contributed by atoms with Crippen molar-refractivity contribution in [2.75, 3.05) is 39.4 Å². The molecule has 0 radical (unpaired) electrons. The molecular formula is C19H22ClN3O3S. The number of hydrogen-bond acceptors (Lipinski definition) is 6. The number of fused-ring (bicyclic) bond motifs is 1. The molecule has 1 aromatic carbocycles. The van der Waals surface area contributed by atoms with Gasteiger partial charge in [-0.1, -0.05) is 17.7 Å². The van der Waals surface area contributed by atoms with Crippen LogP contribution in [0.25, 0.3) is 0 Å². The maximum atomic E-state index is 12.7. The van der Waals surface area contributed by atoms with Gasteiger partial charge in [0, 0.05) is 39.3 Å². The van der Waals surface area contributed by atoms with Crippen LogP contribution in [0.2, 0.25) is 4.34 Å². The van der Waals surface area contributed by atoms with Crippen LogP contribution in [0, 0.1) is 0 Å². The van der Waals surface area contributed by atoms with Gasteiger partial charge >= 0.3 is 0 Å². The number of carbonyl (C=O) groups is 1. The van der Waals surface area contributed by atoms with Crippen molar-refractivity contribution in [2.24, 2.45) is 5.73 Å². The second-order valence-corrected chi connectivity index (χ2v) is 8.31. The zero-order valence-electron chi connectivity index (χ0n) is 14.9. The maximum absolute atomic E-state index is 12.7. The minimum atomic E-state index is 0.0422. The Kier molecular flexibility index (Phi) is 5.54. The molecule has 4 rings (SSSR count). The van der Waals surface area contributed by atoms with Gasteiger partial charge in [0.25, 0.3) is 5.91 Å². The third kappa shape index (κ3) is 4.06. The lowest BCUT2D eigenvalue weighted by Crippen LogP contribution is -2.48. The van der Waals surface area contributed by atoms with E-state index < -0.39 is 0 Å². The fraction of sp³-hybridized carbons (Fsp3) is 0.421. The first-order chi connectivity index (χ1) is 13.1. The van der Waals surface area contributed by atoms with Crippen molar-refractivity contribution in [1.82, 2.24) is 9.80 Å². The minimum absolute atomic E-state index is 0.0422. The number of nitrogens with zero attached hydrogens (tertiary/aromatic N) is 2. The van der Waals surface area contributed by atoms with Crippen molar-refractivity contribution in [2.45, 2.75) is 13.1 Å². The lowest BCUT2D eigenvalue weighted by atomic mass is 10.1. The predicted octanol–water partition coefficient (Wildman–Crippen LogP) is 2.59. The molecule has 1 aromatic heterocycles. The molecule has 0 bridgehead atoms. The van der Waals surface area contributed by atoms with E-state index in [0.717, 1.165) is 36.7 Å². The Morgan fingerprint density at radius 1 is 1.11 bits per heavy atom. The topological polar surface area (TPSA) is 68.0 Å². The molecule has 2 aromatic rings. The summed E-state index contributed by atoms with van der Waals surface area (Å²) in [7, 11) is 0. The zero-order chi connectivity index (χ0) is 18.8. The van der Waals surface area contributed by atoms with E-state index in [1.807, 2.05) is 23.1 Å². The van der Waals surface area contributed by atoms with Crippen LogP contribution in [0.4, 0.5) is 0 Å². The van der Waals surface area contributed by atoms with Crippen molar-refractivity contribution >= 4 is 28.8 Å². The van der Waals surface area contributed by atoms with Gasteiger partial charge < -0.3 is 20.1 Å². The Morgan fingerprint density at radius 3 is 2.56 bits per heavy atom. The number of benzene rings is 1. The summed E-state index contributed by atoms with van der Waals surface area (Å²) in [5.74, 6) is 1.67. The summed E-state index contributed by atoms with van der Waals surface area (Å²) in [5.41, 5.74) is 7.68. The van der Waals surface area contributed by atoms with Crippen LogP contribution in [0.3, 0.4) is 0 Å². The molecule has 2 aliphatic rings. The summed E-state index contributed by atoms with van der Waals surface area (Å²) in [6.45, 7) is 5.47. The third-order valence-electron chi connectivity index (χ3n) is 4.86. The maximum Gasteiger partial charge on any atom is 0.264 e. The van der Waals surface area contributed by atoms with Crippen molar-refractivity contribution < 1.29 is 14.3 Å². The minimum Gasteiger partial charge on any atom is -0.486 e. The zero-order valence-corrected chi connectivity index (χ0v) is 16.5. The second-order valence-electron chi connectivity index (χ2n) is 6.66. The average molecular weight is 408 g/mol. The van der Waals surface area contributed by atoms with E-state index in [0.29, 0.717) is 42.1 Å². The summed E-state index contributed by atoms with van der Waals surface area (Å²) < 4.78 is 11.8. The predicted molar refractivity (Wildman–Crippen MR) is 106 cm³/mol. The standard InChI is InChI=1S/C19H22ClN3O3S/c20-18-14(11-21)10-17(27-18)19(24)23-5-3-22(4-6-23)12-13-1-2-15-16(9-13)26-8-7-25-15/h1-2,9-10H,3-8,11-12,21H2. The summed E-state index contributed by atoms with van der Waals surface area (Å²) >= 11 is 7.44. The van der Waals surface area contributed by atoms with E-state index in [2.05, 4.69) is 11.0 Å². The van der Waals surface area contributed by atoms with E-state index >= 15 is 0 Å². The van der Waals surface area contributed by atoms with Crippen molar-refractivity contribution in [3.05, 3.63) is 44.6 Å². The molecule has 27 heavy (non-hydrogen) atoms. The molecule has 0 saturated carbocycles. The SMILES string of the molecule is NCc1cc(C(=O)N2CCN(Cc3ccc4c(c3)OCCO4)CC2)sc1Cl. The molecular weight excluding hydrogens is 386 g/mol. The van der Waals surface area contributed by atoms with Gasteiger partial charge in [-0.25, -0.2) is 0 Å². The molecule has 1 fully saturated rings. The van der Waals surface area contributed by atoms with Crippen molar-refractivity contribution in [3.8, 4) is 11.5 Å². The fourth-order valence-electron chi connectivity index (χ4n) is 3.36. The van der Waals surface area contributed by atoms with Crippen LogP contribution >= 0.6 is 22.9 Å². The van der Waals surface area contributed by atoms with E-state index in [9.17, 15) is 4.79 Å². The monoisotopic (exact) mass is 407 g/mol.